The Balaban J connectivity index is 1.61. The van der Waals surface area contributed by atoms with Crippen LogP contribution in [0, 0.1) is 11.7 Å². The fourth-order valence-corrected chi connectivity index (χ4v) is 3.26. The molecule has 0 spiro atoms. The number of aromatic nitrogens is 4. The van der Waals surface area contributed by atoms with Crippen LogP contribution in [-0.2, 0) is 20.9 Å². The van der Waals surface area contributed by atoms with E-state index in [-0.39, 0.29) is 36.8 Å². The van der Waals surface area contributed by atoms with Crippen LogP contribution in [0.4, 0.5) is 4.39 Å². The van der Waals surface area contributed by atoms with Crippen LogP contribution >= 0.6 is 0 Å². The van der Waals surface area contributed by atoms with Crippen molar-refractivity contribution in [3.05, 3.63) is 30.1 Å². The Kier molecular flexibility index (Phi) is 8.05. The molecule has 10 heteroatoms. The van der Waals surface area contributed by atoms with Crippen molar-refractivity contribution in [2.24, 2.45) is 5.92 Å². The van der Waals surface area contributed by atoms with Gasteiger partial charge >= 0.3 is 0 Å². The zero-order valence-electron chi connectivity index (χ0n) is 18.0. The van der Waals surface area contributed by atoms with Gasteiger partial charge in [0.2, 0.25) is 17.6 Å². The highest BCUT2D eigenvalue weighted by molar-refractivity contribution is 5.84. The van der Waals surface area contributed by atoms with Crippen molar-refractivity contribution in [3.8, 4) is 11.4 Å². The maximum absolute atomic E-state index is 13.1. The molecule has 1 atom stereocenters. The third-order valence-electron chi connectivity index (χ3n) is 5.01. The molecular formula is C21H29FN6O3. The Hall–Kier alpha value is -2.88. The highest BCUT2D eigenvalue weighted by Crippen LogP contribution is 2.15. The van der Waals surface area contributed by atoms with Crippen molar-refractivity contribution in [3.63, 3.8) is 0 Å². The van der Waals surface area contributed by atoms with E-state index < -0.39 is 0 Å². The number of hydrogen-bond acceptors (Lipinski definition) is 6. The Morgan fingerprint density at radius 2 is 2.10 bits per heavy atom. The number of benzene rings is 1. The number of nitrogens with zero attached hydrogens (tertiary/aromatic N) is 5. The van der Waals surface area contributed by atoms with Gasteiger partial charge in [0.05, 0.1) is 12.6 Å². The summed E-state index contributed by atoms with van der Waals surface area (Å²) in [7, 11) is 0. The number of carbonyl (C=O) groups is 2. The molecule has 1 saturated heterocycles. The molecule has 0 aliphatic carbocycles. The van der Waals surface area contributed by atoms with Crippen molar-refractivity contribution in [1.82, 2.24) is 30.4 Å². The van der Waals surface area contributed by atoms with Crippen LogP contribution in [0.1, 0.15) is 33.1 Å². The van der Waals surface area contributed by atoms with Gasteiger partial charge in [0.25, 0.3) is 0 Å². The molecule has 31 heavy (non-hydrogen) atoms. The molecule has 2 aromatic rings. The average molecular weight is 433 g/mol. The number of ether oxygens (including phenoxy) is 1. The van der Waals surface area contributed by atoms with Crippen molar-refractivity contribution >= 4 is 11.8 Å². The maximum Gasteiger partial charge on any atom is 0.246 e. The standard InChI is InChI=1S/C21H29FN6O3/c1-15(2)9-10-23-19(29)13-27(12-18-4-3-11-31-18)20(30)14-28-25-21(24-26-28)16-5-7-17(22)8-6-16/h5-8,15,18H,3-4,9-14H2,1-2H3,(H,23,29). The second-order valence-corrected chi connectivity index (χ2v) is 8.09. The fraction of sp³-hybridized carbons (Fsp3) is 0.571. The van der Waals surface area contributed by atoms with Crippen molar-refractivity contribution in [2.75, 3.05) is 26.2 Å². The molecule has 3 rings (SSSR count). The third kappa shape index (κ3) is 7.09. The molecule has 9 nitrogen and oxygen atoms in total. The molecular weight excluding hydrogens is 403 g/mol. The van der Waals surface area contributed by atoms with Gasteiger partial charge in [0.15, 0.2) is 0 Å². The first kappa shape index (κ1) is 22.8. The van der Waals surface area contributed by atoms with Crippen LogP contribution < -0.4 is 5.32 Å². The molecule has 1 N–H and O–H groups in total. The van der Waals surface area contributed by atoms with E-state index in [1.807, 2.05) is 0 Å². The Morgan fingerprint density at radius 1 is 1.32 bits per heavy atom. The van der Waals surface area contributed by atoms with E-state index >= 15 is 0 Å². The Morgan fingerprint density at radius 3 is 2.77 bits per heavy atom. The summed E-state index contributed by atoms with van der Waals surface area (Å²) in [5.74, 6) is -0.0746. The van der Waals surface area contributed by atoms with Gasteiger partial charge in [-0.25, -0.2) is 4.39 Å². The average Bonchev–Trinajstić information content (AvgIpc) is 3.40. The summed E-state index contributed by atoms with van der Waals surface area (Å²) in [5.41, 5.74) is 0.598. The normalized spacial score (nSPS) is 15.9. The first-order valence-electron chi connectivity index (χ1n) is 10.6. The number of amides is 2. The smallest absolute Gasteiger partial charge is 0.246 e. The van der Waals surface area contributed by atoms with Crippen LogP contribution in [0.25, 0.3) is 11.4 Å². The monoisotopic (exact) mass is 432 g/mol. The lowest BCUT2D eigenvalue weighted by Crippen LogP contribution is -2.45. The molecule has 0 saturated carbocycles. The summed E-state index contributed by atoms with van der Waals surface area (Å²) < 4.78 is 18.7. The summed E-state index contributed by atoms with van der Waals surface area (Å²) in [6.07, 6.45) is 2.60. The number of halogens is 1. The Bertz CT molecular complexity index is 864. The fourth-order valence-electron chi connectivity index (χ4n) is 3.26. The van der Waals surface area contributed by atoms with E-state index in [0.717, 1.165) is 19.3 Å². The van der Waals surface area contributed by atoms with E-state index in [9.17, 15) is 14.0 Å². The molecule has 1 unspecified atom stereocenters. The summed E-state index contributed by atoms with van der Waals surface area (Å²) in [6.45, 7) is 5.56. The summed E-state index contributed by atoms with van der Waals surface area (Å²) in [4.78, 5) is 27.9. The van der Waals surface area contributed by atoms with Gasteiger partial charge in [0, 0.05) is 25.3 Å². The van der Waals surface area contributed by atoms with E-state index in [2.05, 4.69) is 34.6 Å². The van der Waals surface area contributed by atoms with Crippen molar-refractivity contribution in [2.45, 2.75) is 45.8 Å². The molecule has 0 radical (unpaired) electrons. The first-order chi connectivity index (χ1) is 14.9. The highest BCUT2D eigenvalue weighted by Gasteiger charge is 2.25. The van der Waals surface area contributed by atoms with Crippen LogP contribution in [-0.4, -0.2) is 69.3 Å². The van der Waals surface area contributed by atoms with Gasteiger partial charge < -0.3 is 15.0 Å². The Labute approximate surface area is 180 Å². The molecule has 168 valence electrons. The van der Waals surface area contributed by atoms with Crippen molar-refractivity contribution in [1.29, 1.82) is 0 Å². The second-order valence-electron chi connectivity index (χ2n) is 8.09. The van der Waals surface area contributed by atoms with Crippen LogP contribution in [0.3, 0.4) is 0 Å². The van der Waals surface area contributed by atoms with Gasteiger partial charge in [-0.15, -0.1) is 10.2 Å². The summed E-state index contributed by atoms with van der Waals surface area (Å²) in [5, 5.41) is 14.9. The molecule has 2 amide bonds. The van der Waals surface area contributed by atoms with Gasteiger partial charge in [-0.2, -0.15) is 4.80 Å². The molecule has 1 aromatic carbocycles. The van der Waals surface area contributed by atoms with Gasteiger partial charge in [-0.05, 0) is 54.7 Å². The minimum Gasteiger partial charge on any atom is -0.376 e. The van der Waals surface area contributed by atoms with E-state index in [4.69, 9.17) is 4.74 Å². The molecule has 1 aliphatic rings. The van der Waals surface area contributed by atoms with Gasteiger partial charge in [0.1, 0.15) is 12.4 Å². The molecule has 1 aliphatic heterocycles. The largest absolute Gasteiger partial charge is 0.376 e. The summed E-state index contributed by atoms with van der Waals surface area (Å²) >= 11 is 0. The quantitative estimate of drug-likeness (QED) is 0.613. The highest BCUT2D eigenvalue weighted by atomic mass is 19.1. The predicted molar refractivity (Wildman–Crippen MR) is 111 cm³/mol. The van der Waals surface area contributed by atoms with Crippen molar-refractivity contribution < 1.29 is 18.7 Å². The zero-order valence-corrected chi connectivity index (χ0v) is 18.0. The van der Waals surface area contributed by atoms with E-state index in [1.165, 1.54) is 21.8 Å². The van der Waals surface area contributed by atoms with Gasteiger partial charge in [-0.1, -0.05) is 13.8 Å². The molecule has 1 aromatic heterocycles. The van der Waals surface area contributed by atoms with Crippen LogP contribution in [0.5, 0.6) is 0 Å². The second kappa shape index (κ2) is 10.9. The number of tetrazole rings is 1. The number of rotatable bonds is 10. The topological polar surface area (TPSA) is 102 Å². The predicted octanol–water partition coefficient (Wildman–Crippen LogP) is 1.65. The lowest BCUT2D eigenvalue weighted by molar-refractivity contribution is -0.138. The lowest BCUT2D eigenvalue weighted by Gasteiger charge is -2.24. The zero-order chi connectivity index (χ0) is 22.2. The number of nitrogens with one attached hydrogen (secondary N) is 1. The molecule has 2 heterocycles. The lowest BCUT2D eigenvalue weighted by atomic mass is 10.1. The van der Waals surface area contributed by atoms with Crippen LogP contribution in [0.15, 0.2) is 24.3 Å². The van der Waals surface area contributed by atoms with Crippen LogP contribution in [0.2, 0.25) is 0 Å². The molecule has 1 fully saturated rings. The SMILES string of the molecule is CC(C)CCNC(=O)CN(CC1CCCO1)C(=O)Cn1nnc(-c2ccc(F)cc2)n1. The van der Waals surface area contributed by atoms with E-state index in [0.29, 0.717) is 37.0 Å². The minimum absolute atomic E-state index is 0.0453. The first-order valence-corrected chi connectivity index (χ1v) is 10.6. The van der Waals surface area contributed by atoms with E-state index in [1.54, 1.807) is 12.1 Å². The number of hydrogen-bond donors (Lipinski definition) is 1. The number of carbonyl (C=O) groups excluding carboxylic acids is 2. The maximum atomic E-state index is 13.1. The summed E-state index contributed by atoms with van der Waals surface area (Å²) in [6, 6.07) is 5.71. The minimum atomic E-state index is -0.359. The third-order valence-corrected chi connectivity index (χ3v) is 5.01. The molecule has 0 bridgehead atoms. The van der Waals surface area contributed by atoms with Gasteiger partial charge in [-0.3, -0.25) is 9.59 Å².